The Morgan fingerprint density at radius 3 is 2.41 bits per heavy atom. The summed E-state index contributed by atoms with van der Waals surface area (Å²) in [5, 5.41) is 0. The molecule has 0 N–H and O–H groups in total. The van der Waals surface area contributed by atoms with Gasteiger partial charge in [-0.1, -0.05) is 44.2 Å². The molecule has 2 aromatic rings. The maximum atomic E-state index is 13.0. The molecule has 2 aromatic carbocycles. The smallest absolute Gasteiger partial charge is 0.200 e. The molecule has 0 heterocycles. The first-order valence-corrected chi connectivity index (χ1v) is 10.0. The van der Waals surface area contributed by atoms with E-state index < -0.39 is 0 Å². The van der Waals surface area contributed by atoms with Crippen molar-refractivity contribution in [3.8, 4) is 5.75 Å². The summed E-state index contributed by atoms with van der Waals surface area (Å²) in [5.41, 5.74) is 2.15. The quantitative estimate of drug-likeness (QED) is 0.615. The molecule has 27 heavy (non-hydrogen) atoms. The molecule has 0 unspecified atom stereocenters. The number of fused-ring (bicyclic) bond motifs is 1. The molecule has 0 aliphatic heterocycles. The van der Waals surface area contributed by atoms with Crippen molar-refractivity contribution in [2.24, 2.45) is 5.92 Å². The Labute approximate surface area is 164 Å². The topological polar surface area (TPSA) is 43.4 Å². The van der Waals surface area contributed by atoms with Gasteiger partial charge in [0.1, 0.15) is 5.75 Å². The predicted molar refractivity (Wildman–Crippen MR) is 110 cm³/mol. The monoisotopic (exact) mass is 380 g/mol. The van der Waals surface area contributed by atoms with E-state index in [0.717, 1.165) is 35.5 Å². The lowest BCUT2D eigenvalue weighted by Gasteiger charge is -2.16. The average molecular weight is 381 g/mol. The number of ether oxygens (including phenoxy) is 1. The Morgan fingerprint density at radius 2 is 1.74 bits per heavy atom. The molecule has 3 nitrogen and oxygen atoms in total. The van der Waals surface area contributed by atoms with Crippen molar-refractivity contribution in [2.45, 2.75) is 38.0 Å². The van der Waals surface area contributed by atoms with Gasteiger partial charge in [0, 0.05) is 22.1 Å². The van der Waals surface area contributed by atoms with Crippen LogP contribution in [-0.4, -0.2) is 18.7 Å². The lowest BCUT2D eigenvalue weighted by Crippen LogP contribution is -2.16. The van der Waals surface area contributed by atoms with Crippen molar-refractivity contribution in [3.63, 3.8) is 0 Å². The van der Waals surface area contributed by atoms with Gasteiger partial charge in [-0.2, -0.15) is 0 Å². The highest BCUT2D eigenvalue weighted by Crippen LogP contribution is 2.34. The van der Waals surface area contributed by atoms with E-state index in [2.05, 4.69) is 13.8 Å². The number of carbonyl (C=O) groups excluding carboxylic acids is 2. The van der Waals surface area contributed by atoms with E-state index >= 15 is 0 Å². The number of hydrogen-bond acceptors (Lipinski definition) is 4. The lowest BCUT2D eigenvalue weighted by molar-refractivity contribution is 0.0991. The summed E-state index contributed by atoms with van der Waals surface area (Å²) in [5.74, 6) is 1.25. The van der Waals surface area contributed by atoms with E-state index in [1.807, 2.05) is 36.4 Å². The third-order valence-electron chi connectivity index (χ3n) is 4.61. The second-order valence-corrected chi connectivity index (χ2v) is 8.26. The number of aryl methyl sites for hydroxylation is 1. The molecule has 140 valence electrons. The third kappa shape index (κ3) is 4.69. The molecule has 1 aliphatic carbocycles. The van der Waals surface area contributed by atoms with Crippen molar-refractivity contribution in [2.75, 3.05) is 7.11 Å². The van der Waals surface area contributed by atoms with E-state index in [9.17, 15) is 9.59 Å². The van der Waals surface area contributed by atoms with Crippen molar-refractivity contribution >= 4 is 23.3 Å². The highest BCUT2D eigenvalue weighted by molar-refractivity contribution is 8.04. The van der Waals surface area contributed by atoms with Crippen LogP contribution in [0.15, 0.2) is 58.3 Å². The Bertz CT molecular complexity index is 879. The zero-order valence-electron chi connectivity index (χ0n) is 16.0. The van der Waals surface area contributed by atoms with Crippen molar-refractivity contribution in [1.29, 1.82) is 0 Å². The normalized spacial score (nSPS) is 13.6. The molecule has 4 heteroatoms. The molecule has 0 saturated heterocycles. The summed E-state index contributed by atoms with van der Waals surface area (Å²) >= 11 is 1.32. The molecule has 0 fully saturated rings. The number of carbonyl (C=O) groups is 2. The fourth-order valence-corrected chi connectivity index (χ4v) is 4.00. The van der Waals surface area contributed by atoms with Gasteiger partial charge in [0.05, 0.1) is 12.0 Å². The van der Waals surface area contributed by atoms with Crippen LogP contribution in [0.5, 0.6) is 5.75 Å². The molecule has 0 atom stereocenters. The van der Waals surface area contributed by atoms with Gasteiger partial charge in [-0.15, -0.1) is 0 Å². The van der Waals surface area contributed by atoms with Crippen LogP contribution in [0.3, 0.4) is 0 Å². The number of methoxy groups -OCH3 is 1. The molecule has 0 radical (unpaired) electrons. The van der Waals surface area contributed by atoms with E-state index in [4.69, 9.17) is 4.74 Å². The standard InChI is InChI=1S/C23H24O3S/c1-15(2)5-4-6-16-7-12-19-20(13-16)23(25)22(14-21(19)24)27-18-10-8-17(26-3)9-11-18/h7-15H,4-6H2,1-3H3. The fourth-order valence-electron chi connectivity index (χ4n) is 3.11. The third-order valence-corrected chi connectivity index (χ3v) is 5.65. The molecule has 3 rings (SSSR count). The maximum Gasteiger partial charge on any atom is 0.200 e. The van der Waals surface area contributed by atoms with Crippen LogP contribution in [0.4, 0.5) is 0 Å². The number of allylic oxidation sites excluding steroid dienone is 2. The Balaban J connectivity index is 1.79. The van der Waals surface area contributed by atoms with Gasteiger partial charge in [-0.25, -0.2) is 0 Å². The zero-order chi connectivity index (χ0) is 19.4. The number of benzene rings is 2. The SMILES string of the molecule is COc1ccc(SC2=CC(=O)c3ccc(CCCC(C)C)cc3C2=O)cc1. The molecule has 0 aromatic heterocycles. The summed E-state index contributed by atoms with van der Waals surface area (Å²) in [6, 6.07) is 13.1. The Kier molecular flexibility index (Phi) is 6.17. The Morgan fingerprint density at radius 1 is 1.00 bits per heavy atom. The van der Waals surface area contributed by atoms with Crippen molar-refractivity contribution < 1.29 is 14.3 Å². The molecule has 0 bridgehead atoms. The second-order valence-electron chi connectivity index (χ2n) is 7.15. The number of Topliss-reactive ketones (excluding diaryl/α,β-unsaturated/α-hetero) is 1. The van der Waals surface area contributed by atoms with Gasteiger partial charge >= 0.3 is 0 Å². The van der Waals surface area contributed by atoms with Gasteiger partial charge in [-0.3, -0.25) is 9.59 Å². The van der Waals surface area contributed by atoms with Crippen LogP contribution in [0.1, 0.15) is 53.0 Å². The van der Waals surface area contributed by atoms with Crippen LogP contribution in [0.2, 0.25) is 0 Å². The number of ketones is 2. The van der Waals surface area contributed by atoms with Crippen LogP contribution in [0.25, 0.3) is 0 Å². The first-order chi connectivity index (χ1) is 13.0. The molecule has 0 amide bonds. The van der Waals surface area contributed by atoms with E-state index in [1.54, 1.807) is 13.2 Å². The van der Waals surface area contributed by atoms with Gasteiger partial charge in [-0.05, 0) is 54.7 Å². The first kappa shape index (κ1) is 19.4. The summed E-state index contributed by atoms with van der Waals surface area (Å²) in [6.45, 7) is 4.42. The maximum absolute atomic E-state index is 13.0. The van der Waals surface area contributed by atoms with Crippen molar-refractivity contribution in [3.05, 3.63) is 70.1 Å². The minimum atomic E-state index is -0.102. The predicted octanol–water partition coefficient (Wildman–Crippen LogP) is 5.73. The van der Waals surface area contributed by atoms with Crippen molar-refractivity contribution in [1.82, 2.24) is 0 Å². The highest BCUT2D eigenvalue weighted by Gasteiger charge is 2.26. The van der Waals surface area contributed by atoms with Gasteiger partial charge in [0.15, 0.2) is 5.78 Å². The minimum Gasteiger partial charge on any atom is -0.497 e. The van der Waals surface area contributed by atoms with E-state index in [-0.39, 0.29) is 11.6 Å². The van der Waals surface area contributed by atoms with Gasteiger partial charge in [0.2, 0.25) is 5.78 Å². The zero-order valence-corrected chi connectivity index (χ0v) is 16.8. The van der Waals surface area contributed by atoms with Crippen LogP contribution in [0, 0.1) is 5.92 Å². The molecular formula is C23H24O3S. The molecule has 1 aliphatic rings. The lowest BCUT2D eigenvalue weighted by atomic mass is 9.91. The average Bonchev–Trinajstić information content (AvgIpc) is 2.66. The number of rotatable bonds is 7. The summed E-state index contributed by atoms with van der Waals surface area (Å²) in [6.07, 6.45) is 4.62. The van der Waals surface area contributed by atoms with Crippen LogP contribution < -0.4 is 4.74 Å². The van der Waals surface area contributed by atoms with Gasteiger partial charge < -0.3 is 4.74 Å². The molecule has 0 spiro atoms. The fraction of sp³-hybridized carbons (Fsp3) is 0.304. The number of thioether (sulfide) groups is 1. The van der Waals surface area contributed by atoms with Crippen LogP contribution in [-0.2, 0) is 6.42 Å². The van der Waals surface area contributed by atoms with E-state index in [1.165, 1.54) is 17.8 Å². The number of hydrogen-bond donors (Lipinski definition) is 0. The minimum absolute atomic E-state index is 0.0730. The van der Waals surface area contributed by atoms with E-state index in [0.29, 0.717) is 21.9 Å². The Hall–Kier alpha value is -2.33. The molecular weight excluding hydrogens is 356 g/mol. The second kappa shape index (κ2) is 8.57. The van der Waals surface area contributed by atoms with Gasteiger partial charge in [0.25, 0.3) is 0 Å². The van der Waals surface area contributed by atoms with Crippen LogP contribution >= 0.6 is 11.8 Å². The summed E-state index contributed by atoms with van der Waals surface area (Å²) < 4.78 is 5.16. The molecule has 0 saturated carbocycles. The largest absolute Gasteiger partial charge is 0.497 e. The first-order valence-electron chi connectivity index (χ1n) is 9.23. The summed E-state index contributed by atoms with van der Waals surface area (Å²) in [4.78, 5) is 26.8. The summed E-state index contributed by atoms with van der Waals surface area (Å²) in [7, 11) is 1.61. The highest BCUT2D eigenvalue weighted by atomic mass is 32.2.